The largest absolute Gasteiger partial charge is 1.00 e. The van der Waals surface area contributed by atoms with Crippen molar-refractivity contribution >= 4 is 10.1 Å². The van der Waals surface area contributed by atoms with Gasteiger partial charge in [0, 0.05) is 0 Å². The molecule has 0 saturated heterocycles. The molecule has 16 heavy (non-hydrogen) atoms. The minimum absolute atomic E-state index is 0. The molecule has 1 aromatic carbocycles. The number of rotatable bonds is 2. The van der Waals surface area contributed by atoms with E-state index in [1.54, 1.807) is 20.8 Å². The molecule has 0 spiro atoms. The van der Waals surface area contributed by atoms with Crippen LogP contribution >= 0.6 is 0 Å². The van der Waals surface area contributed by atoms with Crippen LogP contribution in [0.15, 0.2) is 17.0 Å². The van der Waals surface area contributed by atoms with Gasteiger partial charge in [-0.05, 0) is 36.1 Å². The summed E-state index contributed by atoms with van der Waals surface area (Å²) >= 11 is 0. The zero-order valence-corrected chi connectivity index (χ0v) is 13.8. The number of hydrogen-bond donors (Lipinski definition) is 1. The van der Waals surface area contributed by atoms with Gasteiger partial charge in [0.25, 0.3) is 0 Å². The van der Waals surface area contributed by atoms with Gasteiger partial charge in [0.2, 0.25) is 0 Å². The molecule has 0 bridgehead atoms. The Labute approximate surface area is 138 Å². The molecule has 0 unspecified atom stereocenters. The van der Waals surface area contributed by atoms with Gasteiger partial charge in [-0.15, -0.1) is 0 Å². The Morgan fingerprint density at radius 1 is 1.31 bits per heavy atom. The van der Waals surface area contributed by atoms with Crippen molar-refractivity contribution in [1.82, 2.24) is 0 Å². The Balaban J connectivity index is 0.00000225. The second-order valence-corrected chi connectivity index (χ2v) is 5.13. The van der Waals surface area contributed by atoms with Crippen LogP contribution < -0.4 is 51.4 Å². The fraction of sp³-hybridized carbons (Fsp3) is 0.400. The van der Waals surface area contributed by atoms with E-state index in [1.165, 1.54) is 12.1 Å². The maximum atomic E-state index is 11.0. The number of phenolic OH excluding ortho intramolecular Hbond substituents is 1. The van der Waals surface area contributed by atoms with E-state index in [0.29, 0.717) is 11.1 Å². The molecule has 0 aliphatic carbocycles. The Morgan fingerprint density at radius 2 is 1.81 bits per heavy atom. The molecule has 0 aromatic heterocycles. The predicted octanol–water partition coefficient (Wildman–Crippen LogP) is -1.27. The Morgan fingerprint density at radius 3 is 2.19 bits per heavy atom. The third-order valence-electron chi connectivity index (χ3n) is 2.22. The Kier molecular flexibility index (Phi) is 6.16. The summed E-state index contributed by atoms with van der Waals surface area (Å²) in [6.45, 7) is 5.08. The summed E-state index contributed by atoms with van der Waals surface area (Å²) in [6.07, 6.45) is 0. The normalized spacial score (nSPS) is 11.3. The summed E-state index contributed by atoms with van der Waals surface area (Å²) in [5.74, 6) is -0.124. The third kappa shape index (κ3) is 3.80. The van der Waals surface area contributed by atoms with Crippen molar-refractivity contribution in [3.8, 4) is 5.75 Å². The van der Waals surface area contributed by atoms with E-state index in [0.717, 1.165) is 0 Å². The summed E-state index contributed by atoms with van der Waals surface area (Å²) < 4.78 is 33.0. The van der Waals surface area contributed by atoms with Crippen LogP contribution in [0, 0.1) is 6.92 Å². The molecule has 0 fully saturated rings. The topological polar surface area (TPSA) is 77.4 Å². The van der Waals surface area contributed by atoms with Crippen molar-refractivity contribution in [2.45, 2.75) is 31.6 Å². The Hall–Kier alpha value is 0.566. The van der Waals surface area contributed by atoms with E-state index in [4.69, 9.17) is 0 Å². The van der Waals surface area contributed by atoms with Gasteiger partial charge in [-0.2, -0.15) is 0 Å². The van der Waals surface area contributed by atoms with Crippen LogP contribution in [-0.4, -0.2) is 18.1 Å². The van der Waals surface area contributed by atoms with Crippen molar-refractivity contribution in [2.24, 2.45) is 0 Å². The molecular weight excluding hydrogens is 255 g/mol. The average Bonchev–Trinajstić information content (AvgIpc) is 2.06. The number of hydrogen-bond acceptors (Lipinski definition) is 4. The SMILES string of the molecule is Cc1cc(S(=O)(=O)[O-])c(C(C)C)cc1O.[K+]. The van der Waals surface area contributed by atoms with Crippen molar-refractivity contribution < 1.29 is 69.5 Å². The maximum Gasteiger partial charge on any atom is 1.00 e. The molecular formula is C10H13KO4S. The molecule has 0 aliphatic rings. The van der Waals surface area contributed by atoms with Gasteiger partial charge in [0.1, 0.15) is 15.9 Å². The average molecular weight is 268 g/mol. The first-order valence-electron chi connectivity index (χ1n) is 4.53. The first-order chi connectivity index (χ1) is 6.73. The number of phenols is 1. The summed E-state index contributed by atoms with van der Waals surface area (Å²) in [5.41, 5.74) is 0.738. The van der Waals surface area contributed by atoms with E-state index in [2.05, 4.69) is 0 Å². The molecule has 4 nitrogen and oxygen atoms in total. The first kappa shape index (κ1) is 16.6. The molecule has 0 atom stereocenters. The molecule has 0 aliphatic heterocycles. The summed E-state index contributed by atoms with van der Waals surface area (Å²) in [6, 6.07) is 2.55. The standard InChI is InChI=1S/C10H14O4S.K/c1-6(2)8-5-9(11)7(3)4-10(8)15(12,13)14;/h4-6,11H,1-3H3,(H,12,13,14);/q;+1/p-1. The van der Waals surface area contributed by atoms with Crippen LogP contribution in [0.4, 0.5) is 0 Å². The Bertz CT molecular complexity index is 480. The summed E-state index contributed by atoms with van der Waals surface area (Å²) in [4.78, 5) is -0.243. The number of aryl methyl sites for hydroxylation is 1. The number of benzene rings is 1. The van der Waals surface area contributed by atoms with Gasteiger partial charge in [-0.25, -0.2) is 8.42 Å². The maximum absolute atomic E-state index is 11.0. The summed E-state index contributed by atoms with van der Waals surface area (Å²) in [7, 11) is -4.48. The van der Waals surface area contributed by atoms with E-state index >= 15 is 0 Å². The van der Waals surface area contributed by atoms with Crippen molar-refractivity contribution in [3.05, 3.63) is 23.3 Å². The molecule has 1 rings (SSSR count). The van der Waals surface area contributed by atoms with Gasteiger partial charge >= 0.3 is 51.4 Å². The monoisotopic (exact) mass is 268 g/mol. The van der Waals surface area contributed by atoms with Crippen molar-refractivity contribution in [1.29, 1.82) is 0 Å². The van der Waals surface area contributed by atoms with Gasteiger partial charge in [-0.1, -0.05) is 13.8 Å². The summed E-state index contributed by atoms with van der Waals surface area (Å²) in [5, 5.41) is 9.44. The van der Waals surface area contributed by atoms with Crippen LogP contribution in [0.1, 0.15) is 30.9 Å². The zero-order chi connectivity index (χ0) is 11.8. The van der Waals surface area contributed by atoms with E-state index in [9.17, 15) is 18.1 Å². The second-order valence-electron chi connectivity index (χ2n) is 3.79. The molecule has 0 heterocycles. The number of aromatic hydroxyl groups is 1. The van der Waals surface area contributed by atoms with Gasteiger partial charge < -0.3 is 9.66 Å². The van der Waals surface area contributed by atoms with Crippen LogP contribution in [0.25, 0.3) is 0 Å². The predicted molar refractivity (Wildman–Crippen MR) is 54.9 cm³/mol. The van der Waals surface area contributed by atoms with Gasteiger partial charge in [-0.3, -0.25) is 0 Å². The first-order valence-corrected chi connectivity index (χ1v) is 5.93. The van der Waals surface area contributed by atoms with Gasteiger partial charge in [0.15, 0.2) is 0 Å². The van der Waals surface area contributed by atoms with Crippen LogP contribution in [0.3, 0.4) is 0 Å². The molecule has 0 radical (unpaired) electrons. The van der Waals surface area contributed by atoms with Crippen LogP contribution in [0.2, 0.25) is 0 Å². The van der Waals surface area contributed by atoms with Crippen LogP contribution in [0.5, 0.6) is 5.75 Å². The molecule has 84 valence electrons. The third-order valence-corrected chi connectivity index (χ3v) is 3.11. The molecule has 0 amide bonds. The smallest absolute Gasteiger partial charge is 0.744 e. The zero-order valence-electron chi connectivity index (χ0n) is 9.81. The minimum atomic E-state index is -4.48. The molecule has 6 heteroatoms. The molecule has 1 N–H and O–H groups in total. The van der Waals surface area contributed by atoms with E-state index in [-0.39, 0.29) is 67.9 Å². The quantitative estimate of drug-likeness (QED) is 0.536. The fourth-order valence-electron chi connectivity index (χ4n) is 1.35. The van der Waals surface area contributed by atoms with E-state index in [1.807, 2.05) is 0 Å². The van der Waals surface area contributed by atoms with Crippen molar-refractivity contribution in [3.63, 3.8) is 0 Å². The van der Waals surface area contributed by atoms with Crippen molar-refractivity contribution in [2.75, 3.05) is 0 Å². The second kappa shape index (κ2) is 5.95. The molecule has 1 aromatic rings. The van der Waals surface area contributed by atoms with Crippen LogP contribution in [-0.2, 0) is 10.1 Å². The minimum Gasteiger partial charge on any atom is -0.744 e. The fourth-order valence-corrected chi connectivity index (χ4v) is 2.26. The molecule has 0 saturated carbocycles. The van der Waals surface area contributed by atoms with Gasteiger partial charge in [0.05, 0.1) is 4.90 Å². The van der Waals surface area contributed by atoms with E-state index < -0.39 is 10.1 Å².